The van der Waals surface area contributed by atoms with Crippen LogP contribution in [0, 0.1) is 0 Å². The molecule has 0 bridgehead atoms. The second-order valence-electron chi connectivity index (χ2n) is 5.14. The van der Waals surface area contributed by atoms with E-state index in [9.17, 15) is 13.2 Å². The summed E-state index contributed by atoms with van der Waals surface area (Å²) in [5, 5.41) is 3.23. The van der Waals surface area contributed by atoms with Crippen LogP contribution in [-0.2, 0) is 10.9 Å². The number of halogens is 3. The lowest BCUT2D eigenvalue weighted by Gasteiger charge is -2.37. The van der Waals surface area contributed by atoms with Crippen molar-refractivity contribution in [1.82, 2.24) is 10.3 Å². The monoisotopic (exact) mass is 311 g/mol. The summed E-state index contributed by atoms with van der Waals surface area (Å²) in [6.45, 7) is 2.02. The van der Waals surface area contributed by atoms with Gasteiger partial charge in [0.1, 0.15) is 5.82 Å². The molecule has 1 N–H and O–H groups in total. The van der Waals surface area contributed by atoms with E-state index in [2.05, 4.69) is 10.3 Å². The van der Waals surface area contributed by atoms with Crippen LogP contribution >= 0.6 is 0 Å². The molecule has 22 heavy (non-hydrogen) atoms. The maximum atomic E-state index is 12.9. The van der Waals surface area contributed by atoms with Gasteiger partial charge in [0.2, 0.25) is 0 Å². The molecule has 1 aromatic rings. The first-order chi connectivity index (χ1) is 10.6. The summed E-state index contributed by atoms with van der Waals surface area (Å²) in [6.07, 6.45) is 3.95. The predicted octanol–water partition coefficient (Wildman–Crippen LogP) is 2.35. The van der Waals surface area contributed by atoms with Gasteiger partial charge >= 0.3 is 6.18 Å². The van der Waals surface area contributed by atoms with Gasteiger partial charge in [-0.1, -0.05) is 12.2 Å². The van der Waals surface area contributed by atoms with Crippen LogP contribution in [0.2, 0.25) is 0 Å². The Hall–Kier alpha value is -1.86. The number of hydrogen-bond acceptors (Lipinski definition) is 4. The third kappa shape index (κ3) is 3.15. The molecule has 1 aromatic heterocycles. The quantitative estimate of drug-likeness (QED) is 0.910. The first-order valence-electron chi connectivity index (χ1n) is 7.04. The van der Waals surface area contributed by atoms with Crippen molar-refractivity contribution in [2.45, 2.75) is 18.3 Å². The highest BCUT2D eigenvalue weighted by molar-refractivity contribution is 5.50. The number of nitrogens with one attached hydrogen (secondary N) is 1. The van der Waals surface area contributed by atoms with Crippen molar-refractivity contribution in [2.75, 3.05) is 24.6 Å². The molecule has 3 rings (SSSR count). The van der Waals surface area contributed by atoms with Crippen molar-refractivity contribution in [3.05, 3.63) is 48.3 Å². The zero-order chi connectivity index (χ0) is 15.6. The lowest BCUT2D eigenvalue weighted by Crippen LogP contribution is -2.51. The van der Waals surface area contributed by atoms with Crippen molar-refractivity contribution in [2.24, 2.45) is 0 Å². The molecule has 2 atom stereocenters. The van der Waals surface area contributed by atoms with Gasteiger partial charge in [-0.3, -0.25) is 0 Å². The van der Waals surface area contributed by atoms with E-state index in [4.69, 9.17) is 4.74 Å². The minimum atomic E-state index is -4.38. The van der Waals surface area contributed by atoms with E-state index in [1.54, 1.807) is 17.2 Å². The van der Waals surface area contributed by atoms with Crippen LogP contribution < -0.4 is 10.2 Å². The number of allylic oxidation sites excluding steroid dienone is 2. The topological polar surface area (TPSA) is 37.4 Å². The van der Waals surface area contributed by atoms with Crippen molar-refractivity contribution in [3.8, 4) is 0 Å². The molecule has 3 heterocycles. The summed E-state index contributed by atoms with van der Waals surface area (Å²) < 4.78 is 44.3. The highest BCUT2D eigenvalue weighted by atomic mass is 19.4. The molecule has 0 spiro atoms. The molecule has 1 saturated heterocycles. The largest absolute Gasteiger partial charge is 0.416 e. The van der Waals surface area contributed by atoms with Gasteiger partial charge in [0, 0.05) is 25.5 Å². The van der Waals surface area contributed by atoms with Crippen molar-refractivity contribution in [1.29, 1.82) is 0 Å². The van der Waals surface area contributed by atoms with E-state index in [1.807, 2.05) is 12.2 Å². The van der Waals surface area contributed by atoms with E-state index in [-0.39, 0.29) is 18.0 Å². The molecule has 118 valence electrons. The Labute approximate surface area is 126 Å². The Morgan fingerprint density at radius 3 is 2.91 bits per heavy atom. The molecular weight excluding hydrogens is 295 g/mol. The predicted molar refractivity (Wildman–Crippen MR) is 76.4 cm³/mol. The molecule has 0 radical (unpaired) electrons. The zero-order valence-electron chi connectivity index (χ0n) is 11.8. The smallest absolute Gasteiger partial charge is 0.373 e. The fourth-order valence-electron chi connectivity index (χ4n) is 2.59. The number of aromatic nitrogens is 1. The van der Waals surface area contributed by atoms with Crippen LogP contribution in [0.1, 0.15) is 5.56 Å². The maximum absolute atomic E-state index is 12.9. The summed E-state index contributed by atoms with van der Waals surface area (Å²) in [6, 6.07) is 1.85. The number of rotatable bonds is 2. The first-order valence-corrected chi connectivity index (χ1v) is 7.04. The Morgan fingerprint density at radius 1 is 1.32 bits per heavy atom. The SMILES string of the molecule is FC(F)(F)c1ccnc(N2C=CC=CC2[C@@H]2CNCCO2)c1. The van der Waals surface area contributed by atoms with Crippen LogP contribution in [0.4, 0.5) is 19.0 Å². The zero-order valence-corrected chi connectivity index (χ0v) is 11.8. The number of pyridine rings is 1. The maximum Gasteiger partial charge on any atom is 0.416 e. The van der Waals surface area contributed by atoms with Crippen LogP contribution in [0.5, 0.6) is 0 Å². The number of nitrogens with zero attached hydrogens (tertiary/aromatic N) is 2. The van der Waals surface area contributed by atoms with E-state index in [0.29, 0.717) is 13.2 Å². The molecular formula is C15H16F3N3O. The van der Waals surface area contributed by atoms with Crippen LogP contribution in [0.25, 0.3) is 0 Å². The molecule has 1 unspecified atom stereocenters. The third-order valence-electron chi connectivity index (χ3n) is 3.66. The minimum Gasteiger partial charge on any atom is -0.373 e. The summed E-state index contributed by atoms with van der Waals surface area (Å²) in [7, 11) is 0. The van der Waals surface area contributed by atoms with Gasteiger partial charge in [-0.2, -0.15) is 13.2 Å². The van der Waals surface area contributed by atoms with Gasteiger partial charge in [-0.15, -0.1) is 0 Å². The number of hydrogen-bond donors (Lipinski definition) is 1. The number of anilines is 1. The molecule has 7 heteroatoms. The Bertz CT molecular complexity index is 580. The number of morpholine rings is 1. The lowest BCUT2D eigenvalue weighted by molar-refractivity contribution is -0.137. The third-order valence-corrected chi connectivity index (χ3v) is 3.66. The summed E-state index contributed by atoms with van der Waals surface area (Å²) in [5.41, 5.74) is -0.707. The summed E-state index contributed by atoms with van der Waals surface area (Å²) >= 11 is 0. The fraction of sp³-hybridized carbons (Fsp3) is 0.400. The number of alkyl halides is 3. The Balaban J connectivity index is 1.88. The normalized spacial score (nSPS) is 25.5. The van der Waals surface area contributed by atoms with E-state index >= 15 is 0 Å². The highest BCUT2D eigenvalue weighted by Gasteiger charge is 2.33. The highest BCUT2D eigenvalue weighted by Crippen LogP contribution is 2.32. The van der Waals surface area contributed by atoms with Crippen molar-refractivity contribution < 1.29 is 17.9 Å². The average Bonchev–Trinajstić information content (AvgIpc) is 2.55. The molecule has 2 aliphatic heterocycles. The average molecular weight is 311 g/mol. The molecule has 2 aliphatic rings. The first kappa shape index (κ1) is 15.1. The summed E-state index contributed by atoms with van der Waals surface area (Å²) in [5.74, 6) is 0.259. The standard InChI is InChI=1S/C15H16F3N3O/c16-15(17,18)11-4-5-20-14(9-11)21-7-2-1-3-12(21)13-10-19-6-8-22-13/h1-5,7,9,12-13,19H,6,8,10H2/t12?,13-/m0/s1. The molecule has 0 aromatic carbocycles. The second kappa shape index (κ2) is 6.10. The molecule has 1 fully saturated rings. The van der Waals surface area contributed by atoms with Crippen LogP contribution in [-0.4, -0.2) is 36.8 Å². The van der Waals surface area contributed by atoms with Gasteiger partial charge in [-0.25, -0.2) is 4.98 Å². The van der Waals surface area contributed by atoms with Gasteiger partial charge < -0.3 is 15.0 Å². The lowest BCUT2D eigenvalue weighted by atomic mass is 10.1. The van der Waals surface area contributed by atoms with Gasteiger partial charge in [0.25, 0.3) is 0 Å². The summed E-state index contributed by atoms with van der Waals surface area (Å²) in [4.78, 5) is 5.80. The van der Waals surface area contributed by atoms with E-state index in [0.717, 1.165) is 18.7 Å². The second-order valence-corrected chi connectivity index (χ2v) is 5.14. The van der Waals surface area contributed by atoms with Gasteiger partial charge in [-0.05, 0) is 18.2 Å². The van der Waals surface area contributed by atoms with E-state index < -0.39 is 11.7 Å². The van der Waals surface area contributed by atoms with Crippen molar-refractivity contribution in [3.63, 3.8) is 0 Å². The Kier molecular flexibility index (Phi) is 4.17. The molecule has 0 saturated carbocycles. The van der Waals surface area contributed by atoms with Crippen molar-refractivity contribution >= 4 is 5.82 Å². The van der Waals surface area contributed by atoms with Gasteiger partial charge in [0.05, 0.1) is 24.3 Å². The molecule has 0 aliphatic carbocycles. The van der Waals surface area contributed by atoms with Crippen LogP contribution in [0.3, 0.4) is 0 Å². The fourth-order valence-corrected chi connectivity index (χ4v) is 2.59. The van der Waals surface area contributed by atoms with E-state index in [1.165, 1.54) is 6.20 Å². The Morgan fingerprint density at radius 2 is 2.18 bits per heavy atom. The minimum absolute atomic E-state index is 0.133. The number of ether oxygens (including phenoxy) is 1. The molecule has 4 nitrogen and oxygen atoms in total. The molecule has 0 amide bonds. The van der Waals surface area contributed by atoms with Crippen LogP contribution in [0.15, 0.2) is 42.8 Å². The van der Waals surface area contributed by atoms with Gasteiger partial charge in [0.15, 0.2) is 0 Å².